The number of methoxy groups -OCH3 is 1. The predicted molar refractivity (Wildman–Crippen MR) is 68.5 cm³/mol. The Bertz CT molecular complexity index is 253. The molecule has 1 N–H and O–H groups in total. The van der Waals surface area contributed by atoms with Crippen molar-refractivity contribution in [1.82, 2.24) is 5.32 Å². The summed E-state index contributed by atoms with van der Waals surface area (Å²) in [6, 6.07) is 0. The molecule has 1 rings (SSSR count). The maximum absolute atomic E-state index is 11.6. The zero-order valence-electron chi connectivity index (χ0n) is 11.7. The molecule has 0 spiro atoms. The van der Waals surface area contributed by atoms with Crippen molar-refractivity contribution in [2.45, 2.75) is 31.7 Å². The molecule has 1 aliphatic rings. The highest BCUT2D eigenvalue weighted by molar-refractivity contribution is 5.80. The number of nitrogens with one attached hydrogen (secondary N) is 1. The van der Waals surface area contributed by atoms with E-state index in [1.54, 1.807) is 7.05 Å². The molecule has 0 radical (unpaired) electrons. The second-order valence-corrected chi connectivity index (χ2v) is 4.95. The van der Waals surface area contributed by atoms with Crippen LogP contribution in [0.2, 0.25) is 0 Å². The van der Waals surface area contributed by atoms with Crippen LogP contribution in [-0.2, 0) is 19.0 Å². The minimum Gasteiger partial charge on any atom is -0.468 e. The molecule has 106 valence electrons. The third kappa shape index (κ3) is 4.55. The zero-order valence-corrected chi connectivity index (χ0v) is 11.7. The van der Waals surface area contributed by atoms with Crippen molar-refractivity contribution in [3.63, 3.8) is 0 Å². The summed E-state index contributed by atoms with van der Waals surface area (Å²) in [5.74, 6) is 0.345. The monoisotopic (exact) mass is 259 g/mol. The third-order valence-corrected chi connectivity index (χ3v) is 3.63. The van der Waals surface area contributed by atoms with Crippen molar-refractivity contribution in [3.8, 4) is 0 Å². The number of rotatable bonds is 7. The van der Waals surface area contributed by atoms with E-state index >= 15 is 0 Å². The Morgan fingerprint density at radius 1 is 1.44 bits per heavy atom. The van der Waals surface area contributed by atoms with Crippen molar-refractivity contribution < 1.29 is 19.0 Å². The molecular weight excluding hydrogens is 234 g/mol. The summed E-state index contributed by atoms with van der Waals surface area (Å²) < 4.78 is 15.7. The fourth-order valence-electron chi connectivity index (χ4n) is 1.99. The van der Waals surface area contributed by atoms with E-state index in [0.717, 1.165) is 32.7 Å². The Hall–Kier alpha value is -0.650. The number of carbonyl (C=O) groups is 1. The Balaban J connectivity index is 2.20. The standard InChI is InChI=1S/C13H25NO4/c1-13(14-2,12(15)16-3)6-9-18-10-11-4-7-17-8-5-11/h11,14H,4-10H2,1-3H3. The van der Waals surface area contributed by atoms with Gasteiger partial charge in [-0.25, -0.2) is 0 Å². The summed E-state index contributed by atoms with van der Waals surface area (Å²) in [6.45, 7) is 4.82. The van der Waals surface area contributed by atoms with Crippen LogP contribution in [0.5, 0.6) is 0 Å². The van der Waals surface area contributed by atoms with E-state index in [9.17, 15) is 4.79 Å². The van der Waals surface area contributed by atoms with E-state index < -0.39 is 5.54 Å². The van der Waals surface area contributed by atoms with Crippen LogP contribution in [0.25, 0.3) is 0 Å². The number of esters is 1. The van der Waals surface area contributed by atoms with Crippen LogP contribution in [0.4, 0.5) is 0 Å². The molecule has 0 aromatic rings. The lowest BCUT2D eigenvalue weighted by Crippen LogP contribution is -2.49. The summed E-state index contributed by atoms with van der Waals surface area (Å²) in [5, 5.41) is 2.99. The summed E-state index contributed by atoms with van der Waals surface area (Å²) >= 11 is 0. The topological polar surface area (TPSA) is 56.8 Å². The van der Waals surface area contributed by atoms with Gasteiger partial charge in [0.1, 0.15) is 5.54 Å². The van der Waals surface area contributed by atoms with Crippen LogP contribution < -0.4 is 5.32 Å². The van der Waals surface area contributed by atoms with Gasteiger partial charge >= 0.3 is 5.97 Å². The van der Waals surface area contributed by atoms with Gasteiger partial charge in [0.25, 0.3) is 0 Å². The molecule has 0 saturated carbocycles. The van der Waals surface area contributed by atoms with Crippen molar-refractivity contribution >= 4 is 5.97 Å². The van der Waals surface area contributed by atoms with Gasteiger partial charge < -0.3 is 19.5 Å². The Kier molecular flexibility index (Phi) is 6.60. The first-order chi connectivity index (χ1) is 8.62. The van der Waals surface area contributed by atoms with Crippen LogP contribution in [0.3, 0.4) is 0 Å². The molecule has 1 heterocycles. The summed E-state index contributed by atoms with van der Waals surface area (Å²) in [6.07, 6.45) is 2.75. The first-order valence-electron chi connectivity index (χ1n) is 6.55. The minimum absolute atomic E-state index is 0.250. The normalized spacial score (nSPS) is 20.4. The average molecular weight is 259 g/mol. The Morgan fingerprint density at radius 3 is 2.67 bits per heavy atom. The van der Waals surface area contributed by atoms with Crippen molar-refractivity contribution in [3.05, 3.63) is 0 Å². The number of ether oxygens (including phenoxy) is 3. The lowest BCUT2D eigenvalue weighted by Gasteiger charge is -2.27. The van der Waals surface area contributed by atoms with Gasteiger partial charge in [0.15, 0.2) is 0 Å². The second kappa shape index (κ2) is 7.71. The van der Waals surface area contributed by atoms with Crippen LogP contribution in [0, 0.1) is 5.92 Å². The summed E-state index contributed by atoms with van der Waals surface area (Å²) in [5.41, 5.74) is -0.662. The Morgan fingerprint density at radius 2 is 2.11 bits per heavy atom. The quantitative estimate of drug-likeness (QED) is 0.545. The fraction of sp³-hybridized carbons (Fsp3) is 0.923. The molecule has 0 bridgehead atoms. The van der Waals surface area contributed by atoms with Crippen molar-refractivity contribution in [2.24, 2.45) is 5.92 Å². The smallest absolute Gasteiger partial charge is 0.325 e. The average Bonchev–Trinajstić information content (AvgIpc) is 2.43. The van der Waals surface area contributed by atoms with Gasteiger partial charge in [-0.2, -0.15) is 0 Å². The molecule has 18 heavy (non-hydrogen) atoms. The van der Waals surface area contributed by atoms with Crippen LogP contribution in [0.15, 0.2) is 0 Å². The van der Waals surface area contributed by atoms with Crippen LogP contribution in [0.1, 0.15) is 26.2 Å². The van der Waals surface area contributed by atoms with E-state index in [1.807, 2.05) is 6.92 Å². The lowest BCUT2D eigenvalue weighted by molar-refractivity contribution is -0.148. The molecule has 1 fully saturated rings. The van der Waals surface area contributed by atoms with E-state index in [2.05, 4.69) is 5.32 Å². The van der Waals surface area contributed by atoms with Gasteiger partial charge in [-0.05, 0) is 39.2 Å². The fourth-order valence-corrected chi connectivity index (χ4v) is 1.99. The van der Waals surface area contributed by atoms with Crippen molar-refractivity contribution in [2.75, 3.05) is 40.6 Å². The minimum atomic E-state index is -0.662. The first-order valence-corrected chi connectivity index (χ1v) is 6.55. The maximum atomic E-state index is 11.6. The SMILES string of the molecule is CNC(C)(CCOCC1CCOCC1)C(=O)OC. The number of carbonyl (C=O) groups excluding carboxylic acids is 1. The van der Waals surface area contributed by atoms with Crippen LogP contribution in [-0.4, -0.2) is 52.1 Å². The molecule has 1 saturated heterocycles. The molecule has 5 nitrogen and oxygen atoms in total. The maximum Gasteiger partial charge on any atom is 0.325 e. The van der Waals surface area contributed by atoms with Gasteiger partial charge in [0.05, 0.1) is 7.11 Å². The molecular formula is C13H25NO4. The van der Waals surface area contributed by atoms with E-state index in [-0.39, 0.29) is 5.97 Å². The molecule has 0 aromatic heterocycles. The largest absolute Gasteiger partial charge is 0.468 e. The van der Waals surface area contributed by atoms with E-state index in [1.165, 1.54) is 7.11 Å². The summed E-state index contributed by atoms with van der Waals surface area (Å²) in [7, 11) is 3.16. The Labute approximate surface area is 109 Å². The van der Waals surface area contributed by atoms with Gasteiger partial charge in [-0.15, -0.1) is 0 Å². The highest BCUT2D eigenvalue weighted by Crippen LogP contribution is 2.16. The van der Waals surface area contributed by atoms with Gasteiger partial charge in [0, 0.05) is 26.4 Å². The molecule has 1 atom stereocenters. The third-order valence-electron chi connectivity index (χ3n) is 3.63. The van der Waals surface area contributed by atoms with Crippen LogP contribution >= 0.6 is 0 Å². The van der Waals surface area contributed by atoms with Gasteiger partial charge in [0.2, 0.25) is 0 Å². The highest BCUT2D eigenvalue weighted by atomic mass is 16.5. The van der Waals surface area contributed by atoms with E-state index in [4.69, 9.17) is 14.2 Å². The molecule has 0 aromatic carbocycles. The van der Waals surface area contributed by atoms with Gasteiger partial charge in [-0.1, -0.05) is 0 Å². The lowest BCUT2D eigenvalue weighted by atomic mass is 9.98. The number of hydrogen-bond acceptors (Lipinski definition) is 5. The van der Waals surface area contributed by atoms with E-state index in [0.29, 0.717) is 18.9 Å². The van der Waals surface area contributed by atoms with Crippen molar-refractivity contribution in [1.29, 1.82) is 0 Å². The number of hydrogen-bond donors (Lipinski definition) is 1. The molecule has 1 unspecified atom stereocenters. The second-order valence-electron chi connectivity index (χ2n) is 4.95. The first kappa shape index (κ1) is 15.4. The highest BCUT2D eigenvalue weighted by Gasteiger charge is 2.32. The molecule has 1 aliphatic heterocycles. The number of likely N-dealkylation sites (N-methyl/N-ethyl adjacent to an activating group) is 1. The molecule has 0 amide bonds. The molecule has 0 aliphatic carbocycles. The van der Waals surface area contributed by atoms with Gasteiger partial charge in [-0.3, -0.25) is 4.79 Å². The molecule has 5 heteroatoms. The summed E-state index contributed by atoms with van der Waals surface area (Å²) in [4.78, 5) is 11.6. The predicted octanol–water partition coefficient (Wildman–Crippen LogP) is 0.971. The zero-order chi connectivity index (χ0) is 13.4.